The molecular formula is C32H34Cl6N2O9. The lowest BCUT2D eigenvalue weighted by Crippen LogP contribution is -2.34. The van der Waals surface area contributed by atoms with E-state index in [-0.39, 0.29) is 54.1 Å². The Balaban J connectivity index is 0.000000393. The number of halogens is 6. The van der Waals surface area contributed by atoms with Crippen molar-refractivity contribution in [2.24, 2.45) is 0 Å². The van der Waals surface area contributed by atoms with Crippen LogP contribution in [-0.2, 0) is 19.1 Å². The summed E-state index contributed by atoms with van der Waals surface area (Å²) in [5, 5.41) is 23.8. The van der Waals surface area contributed by atoms with Crippen LogP contribution in [0.3, 0.4) is 0 Å². The third-order valence-corrected chi connectivity index (χ3v) is 7.68. The van der Waals surface area contributed by atoms with Gasteiger partial charge in [0, 0.05) is 34.5 Å². The summed E-state index contributed by atoms with van der Waals surface area (Å²) in [6.07, 6.45) is -2.05. The van der Waals surface area contributed by atoms with Crippen LogP contribution in [0.25, 0.3) is 0 Å². The summed E-state index contributed by atoms with van der Waals surface area (Å²) in [5.41, 5.74) is 0. The number of esters is 1. The van der Waals surface area contributed by atoms with Gasteiger partial charge in [0.05, 0.1) is 15.1 Å². The summed E-state index contributed by atoms with van der Waals surface area (Å²) in [7, 11) is 3.80. The second-order valence-electron chi connectivity index (χ2n) is 10.3. The highest BCUT2D eigenvalue weighted by Crippen LogP contribution is 2.30. The van der Waals surface area contributed by atoms with Crippen molar-refractivity contribution in [3.05, 3.63) is 84.7 Å². The summed E-state index contributed by atoms with van der Waals surface area (Å²) >= 11 is 35.3. The highest BCUT2D eigenvalue weighted by Gasteiger charge is 2.22. The van der Waals surface area contributed by atoms with Crippen LogP contribution in [0.15, 0.2) is 54.6 Å². The topological polar surface area (TPSA) is 144 Å². The number of rotatable bonds is 18. The summed E-state index contributed by atoms with van der Waals surface area (Å²) < 4.78 is 21.1. The van der Waals surface area contributed by atoms with Crippen LogP contribution in [0.5, 0.6) is 17.2 Å². The van der Waals surface area contributed by atoms with Gasteiger partial charge in [0.2, 0.25) is 0 Å². The number of ether oxygens (including phenoxy) is 4. The first-order chi connectivity index (χ1) is 23.2. The summed E-state index contributed by atoms with van der Waals surface area (Å²) in [4.78, 5) is 36.2. The second-order valence-corrected chi connectivity index (χ2v) is 12.8. The van der Waals surface area contributed by atoms with Crippen LogP contribution < -0.4 is 19.5 Å². The number of carbonyl (C=O) groups is 3. The number of nitrogens with one attached hydrogen (secondary N) is 1. The molecule has 0 aromatic heterocycles. The van der Waals surface area contributed by atoms with E-state index in [1.54, 1.807) is 30.3 Å². The number of likely N-dealkylation sites (N-methyl/N-ethyl adjacent to an activating group) is 1. The zero-order chi connectivity index (χ0) is 36.5. The number of benzene rings is 3. The van der Waals surface area contributed by atoms with Crippen molar-refractivity contribution in [2.45, 2.75) is 25.0 Å². The molecule has 268 valence electrons. The fraction of sp³-hybridized carbons (Fsp3) is 0.344. The average Bonchev–Trinajstić information content (AvgIpc) is 3.01. The Bertz CT molecular complexity index is 1470. The number of hydrogen-bond acceptors (Lipinski definition) is 9. The predicted molar refractivity (Wildman–Crippen MR) is 191 cm³/mol. The van der Waals surface area contributed by atoms with Gasteiger partial charge in [-0.2, -0.15) is 0 Å². The zero-order valence-electron chi connectivity index (χ0n) is 26.3. The molecule has 3 aromatic carbocycles. The van der Waals surface area contributed by atoms with Gasteiger partial charge in [-0.3, -0.25) is 0 Å². The average molecular weight is 803 g/mol. The SMILES string of the molecule is CN(C)CCOC(=O)COc1ccc(Cl)cc1Cl.O=C(O)C(CCNCCC(Oc1ccc(Cl)cc1Cl)C(=O)O)Oc1ccc(Cl)cc1Cl. The van der Waals surface area contributed by atoms with Crippen molar-refractivity contribution in [1.29, 1.82) is 0 Å². The van der Waals surface area contributed by atoms with Crippen LogP contribution in [0.1, 0.15) is 12.8 Å². The van der Waals surface area contributed by atoms with Crippen LogP contribution in [0.2, 0.25) is 30.1 Å². The Kier molecular flexibility index (Phi) is 19.0. The number of carbonyl (C=O) groups excluding carboxylic acids is 1. The van der Waals surface area contributed by atoms with Crippen molar-refractivity contribution in [3.8, 4) is 17.2 Å². The van der Waals surface area contributed by atoms with Crippen molar-refractivity contribution in [3.63, 3.8) is 0 Å². The molecule has 11 nitrogen and oxygen atoms in total. The van der Waals surface area contributed by atoms with Gasteiger partial charge in [0.25, 0.3) is 0 Å². The number of carboxylic acid groups (broad SMARTS) is 2. The van der Waals surface area contributed by atoms with Gasteiger partial charge in [-0.05, 0) is 81.8 Å². The maximum atomic E-state index is 11.5. The first-order valence-corrected chi connectivity index (χ1v) is 16.7. The maximum absolute atomic E-state index is 11.5. The Morgan fingerprint density at radius 2 is 1.10 bits per heavy atom. The third-order valence-electron chi connectivity index (χ3n) is 6.08. The maximum Gasteiger partial charge on any atom is 0.344 e. The zero-order valence-corrected chi connectivity index (χ0v) is 30.8. The highest BCUT2D eigenvalue weighted by atomic mass is 35.5. The minimum Gasteiger partial charge on any atom is -0.480 e. The van der Waals surface area contributed by atoms with Gasteiger partial charge >= 0.3 is 17.9 Å². The minimum atomic E-state index is -1.16. The number of aliphatic carboxylic acids is 2. The van der Waals surface area contributed by atoms with Crippen molar-refractivity contribution in [2.75, 3.05) is 46.9 Å². The molecule has 2 unspecified atom stereocenters. The van der Waals surface area contributed by atoms with Crippen molar-refractivity contribution < 1.29 is 43.5 Å². The Morgan fingerprint density at radius 1 is 0.694 bits per heavy atom. The summed E-state index contributed by atoms with van der Waals surface area (Å²) in [6, 6.07) is 13.8. The van der Waals surface area contributed by atoms with E-state index in [4.69, 9.17) is 88.6 Å². The first-order valence-electron chi connectivity index (χ1n) is 14.4. The normalized spacial score (nSPS) is 11.9. The van der Waals surface area contributed by atoms with Crippen LogP contribution in [-0.4, -0.2) is 92.2 Å². The van der Waals surface area contributed by atoms with E-state index < -0.39 is 30.1 Å². The summed E-state index contributed by atoms with van der Waals surface area (Å²) in [5.74, 6) is -1.92. The monoisotopic (exact) mass is 800 g/mol. The number of hydrogen-bond donors (Lipinski definition) is 3. The molecule has 0 aliphatic carbocycles. The molecule has 0 saturated carbocycles. The Labute approximate surface area is 313 Å². The van der Waals surface area contributed by atoms with E-state index >= 15 is 0 Å². The highest BCUT2D eigenvalue weighted by molar-refractivity contribution is 6.36. The molecular weight excluding hydrogens is 769 g/mol. The Hall–Kier alpha value is -2.87. The van der Waals surface area contributed by atoms with E-state index in [9.17, 15) is 24.6 Å². The second kappa shape index (κ2) is 22.1. The third kappa shape index (κ3) is 16.6. The van der Waals surface area contributed by atoms with E-state index in [1.165, 1.54) is 24.3 Å². The standard InChI is InChI=1S/C20H19Cl4NO6.C12H15Cl2NO3/c21-11-1-3-15(13(23)9-11)30-17(19(26)27)5-7-25-8-6-18(20(28)29)31-16-4-2-12(22)10-14(16)24;1-15(2)5-6-17-12(16)8-18-11-4-3-9(13)7-10(11)14/h1-4,9-10,17-18,25H,5-8H2,(H,26,27)(H,28,29);3-4,7H,5-6,8H2,1-2H3. The first kappa shape index (κ1) is 42.3. The lowest BCUT2D eigenvalue weighted by Gasteiger charge is -2.18. The molecule has 3 N–H and O–H groups in total. The minimum absolute atomic E-state index is 0.121. The molecule has 17 heteroatoms. The van der Waals surface area contributed by atoms with Crippen molar-refractivity contribution in [1.82, 2.24) is 10.2 Å². The molecule has 0 saturated heterocycles. The molecule has 0 spiro atoms. The molecule has 2 atom stereocenters. The summed E-state index contributed by atoms with van der Waals surface area (Å²) in [6.45, 7) is 1.36. The molecule has 0 aliphatic heterocycles. The molecule has 0 amide bonds. The molecule has 0 fully saturated rings. The molecule has 0 bridgehead atoms. The molecule has 0 aliphatic rings. The van der Waals surface area contributed by atoms with Gasteiger partial charge in [-0.1, -0.05) is 69.6 Å². The molecule has 0 heterocycles. The molecule has 3 rings (SSSR count). The fourth-order valence-corrected chi connectivity index (χ4v) is 4.99. The number of nitrogens with zero attached hydrogens (tertiary/aromatic N) is 1. The lowest BCUT2D eigenvalue weighted by molar-refractivity contribution is -0.146. The molecule has 0 radical (unpaired) electrons. The van der Waals surface area contributed by atoms with Crippen molar-refractivity contribution >= 4 is 87.5 Å². The van der Waals surface area contributed by atoms with Crippen LogP contribution in [0.4, 0.5) is 0 Å². The van der Waals surface area contributed by atoms with Gasteiger partial charge in [0.15, 0.2) is 18.8 Å². The van der Waals surface area contributed by atoms with Gasteiger partial charge in [0.1, 0.15) is 23.9 Å². The number of carboxylic acids is 2. The fourth-order valence-electron chi connectivity index (χ4n) is 3.62. The van der Waals surface area contributed by atoms with Gasteiger partial charge in [-0.15, -0.1) is 0 Å². The van der Waals surface area contributed by atoms with E-state index in [2.05, 4.69) is 5.32 Å². The van der Waals surface area contributed by atoms with E-state index in [0.717, 1.165) is 0 Å². The Morgan fingerprint density at radius 3 is 1.47 bits per heavy atom. The van der Waals surface area contributed by atoms with E-state index in [1.807, 2.05) is 19.0 Å². The molecule has 49 heavy (non-hydrogen) atoms. The van der Waals surface area contributed by atoms with Gasteiger partial charge in [-0.25, -0.2) is 14.4 Å². The van der Waals surface area contributed by atoms with Crippen LogP contribution in [0, 0.1) is 0 Å². The lowest BCUT2D eigenvalue weighted by atomic mass is 10.2. The quantitative estimate of drug-likeness (QED) is 0.0869. The predicted octanol–water partition coefficient (Wildman–Crippen LogP) is 7.51. The largest absolute Gasteiger partial charge is 0.480 e. The molecule has 3 aromatic rings. The smallest absolute Gasteiger partial charge is 0.344 e. The van der Waals surface area contributed by atoms with E-state index in [0.29, 0.717) is 39.0 Å². The van der Waals surface area contributed by atoms with Crippen LogP contribution >= 0.6 is 69.6 Å². The van der Waals surface area contributed by atoms with Gasteiger partial charge < -0.3 is 39.4 Å².